The molecule has 0 spiro atoms. The largest absolute Gasteiger partial charge is 0.362 e. The second kappa shape index (κ2) is 11.0. The van der Waals surface area contributed by atoms with Gasteiger partial charge in [-0.25, -0.2) is 13.4 Å². The maximum Gasteiger partial charge on any atom is 0.243 e. The van der Waals surface area contributed by atoms with Crippen molar-refractivity contribution in [3.63, 3.8) is 0 Å². The Hall–Kier alpha value is -3.64. The molecule has 36 heavy (non-hydrogen) atoms. The first kappa shape index (κ1) is 25.5. The first-order valence-electron chi connectivity index (χ1n) is 11.4. The Balaban J connectivity index is 0.00000304. The Morgan fingerprint density at radius 1 is 1.03 bits per heavy atom. The van der Waals surface area contributed by atoms with E-state index in [0.717, 1.165) is 22.6 Å². The van der Waals surface area contributed by atoms with Crippen molar-refractivity contribution >= 4 is 28.1 Å². The van der Waals surface area contributed by atoms with Gasteiger partial charge in [0.25, 0.3) is 0 Å². The molecular formula is C27H26ClN5O2S. The predicted octanol–water partition coefficient (Wildman–Crippen LogP) is 4.53. The minimum Gasteiger partial charge on any atom is -0.362 e. The van der Waals surface area contributed by atoms with Gasteiger partial charge >= 0.3 is 0 Å². The number of fused-ring (bicyclic) bond motifs is 1. The molecule has 0 fully saturated rings. The van der Waals surface area contributed by atoms with Gasteiger partial charge in [-0.2, -0.15) is 9.57 Å². The molecule has 1 atom stereocenters. The number of hydrogen-bond acceptors (Lipinski definition) is 5. The van der Waals surface area contributed by atoms with Crippen LogP contribution in [0, 0.1) is 11.3 Å². The SMILES string of the molecule is Cl.N#Cc1ccc2c(c1)CN(S(=O)(=O)c1ccccc1)[C@H](Cc1ccccc1)CN2Cc1ncc[nH]1. The number of benzene rings is 3. The maximum atomic E-state index is 14.0. The first-order valence-corrected chi connectivity index (χ1v) is 12.9. The van der Waals surface area contributed by atoms with E-state index in [-0.39, 0.29) is 29.9 Å². The number of nitrogens with zero attached hydrogens (tertiary/aromatic N) is 4. The van der Waals surface area contributed by atoms with Crippen LogP contribution in [-0.4, -0.2) is 35.3 Å². The minimum absolute atomic E-state index is 0. The van der Waals surface area contributed by atoms with E-state index in [1.807, 2.05) is 42.5 Å². The second-order valence-corrected chi connectivity index (χ2v) is 10.5. The number of aromatic nitrogens is 2. The highest BCUT2D eigenvalue weighted by Crippen LogP contribution is 2.33. The Kier molecular flexibility index (Phi) is 7.75. The smallest absolute Gasteiger partial charge is 0.243 e. The molecule has 3 aromatic carbocycles. The van der Waals surface area contributed by atoms with E-state index >= 15 is 0 Å². The van der Waals surface area contributed by atoms with Crippen LogP contribution in [0.3, 0.4) is 0 Å². The van der Waals surface area contributed by atoms with E-state index in [1.165, 1.54) is 0 Å². The van der Waals surface area contributed by atoms with Gasteiger partial charge < -0.3 is 9.88 Å². The van der Waals surface area contributed by atoms with Crippen LogP contribution in [-0.2, 0) is 29.5 Å². The van der Waals surface area contributed by atoms with Crippen molar-refractivity contribution in [2.24, 2.45) is 0 Å². The van der Waals surface area contributed by atoms with Crippen molar-refractivity contribution in [3.8, 4) is 6.07 Å². The zero-order chi connectivity index (χ0) is 24.3. The quantitative estimate of drug-likeness (QED) is 0.404. The van der Waals surface area contributed by atoms with E-state index in [1.54, 1.807) is 53.1 Å². The fourth-order valence-corrected chi connectivity index (χ4v) is 6.22. The van der Waals surface area contributed by atoms with Gasteiger partial charge in [0.05, 0.1) is 23.1 Å². The molecule has 1 aliphatic heterocycles. The molecule has 9 heteroatoms. The normalized spacial score (nSPS) is 15.9. The van der Waals surface area contributed by atoms with Crippen LogP contribution in [0.2, 0.25) is 0 Å². The summed E-state index contributed by atoms with van der Waals surface area (Å²) in [5, 5.41) is 9.52. The van der Waals surface area contributed by atoms with E-state index in [0.29, 0.717) is 25.1 Å². The summed E-state index contributed by atoms with van der Waals surface area (Å²) in [5.74, 6) is 0.790. The number of rotatable bonds is 6. The highest BCUT2D eigenvalue weighted by Gasteiger charge is 2.36. The number of hydrogen-bond donors (Lipinski definition) is 1. The Morgan fingerprint density at radius 3 is 2.42 bits per heavy atom. The molecule has 0 bridgehead atoms. The molecule has 0 saturated heterocycles. The highest BCUT2D eigenvalue weighted by molar-refractivity contribution is 7.89. The van der Waals surface area contributed by atoms with Crippen molar-refractivity contribution in [2.45, 2.75) is 30.4 Å². The summed E-state index contributed by atoms with van der Waals surface area (Å²) in [7, 11) is -3.80. The van der Waals surface area contributed by atoms with Gasteiger partial charge in [-0.1, -0.05) is 48.5 Å². The molecule has 0 radical (unpaired) electrons. The molecule has 4 aromatic rings. The maximum absolute atomic E-state index is 14.0. The van der Waals surface area contributed by atoms with E-state index in [9.17, 15) is 13.7 Å². The lowest BCUT2D eigenvalue weighted by atomic mass is 10.1. The van der Waals surface area contributed by atoms with Crippen molar-refractivity contribution in [2.75, 3.05) is 11.4 Å². The molecule has 1 N–H and O–H groups in total. The summed E-state index contributed by atoms with van der Waals surface area (Å²) in [6.07, 6.45) is 4.04. The molecule has 5 rings (SSSR count). The molecular weight excluding hydrogens is 494 g/mol. The third-order valence-electron chi connectivity index (χ3n) is 6.27. The first-order chi connectivity index (χ1) is 17.0. The molecule has 1 aliphatic rings. The molecule has 2 heterocycles. The lowest BCUT2D eigenvalue weighted by molar-refractivity contribution is 0.317. The lowest BCUT2D eigenvalue weighted by Gasteiger charge is -2.32. The number of nitriles is 1. The minimum atomic E-state index is -3.80. The molecule has 7 nitrogen and oxygen atoms in total. The number of imidazole rings is 1. The fourth-order valence-electron chi connectivity index (χ4n) is 4.61. The van der Waals surface area contributed by atoms with Crippen molar-refractivity contribution < 1.29 is 8.42 Å². The summed E-state index contributed by atoms with van der Waals surface area (Å²) < 4.78 is 29.5. The Bertz CT molecular complexity index is 1440. The van der Waals surface area contributed by atoms with Crippen LogP contribution in [0.1, 0.15) is 22.5 Å². The van der Waals surface area contributed by atoms with Crippen LogP contribution in [0.25, 0.3) is 0 Å². The van der Waals surface area contributed by atoms with Gasteiger partial charge in [-0.3, -0.25) is 0 Å². The highest BCUT2D eigenvalue weighted by atomic mass is 35.5. The number of H-pyrrole nitrogens is 1. The number of aromatic amines is 1. The Labute approximate surface area is 217 Å². The monoisotopic (exact) mass is 519 g/mol. The summed E-state index contributed by atoms with van der Waals surface area (Å²) in [6.45, 7) is 1.14. The van der Waals surface area contributed by atoms with Gasteiger partial charge in [0, 0.05) is 37.2 Å². The van der Waals surface area contributed by atoms with Crippen LogP contribution in [0.15, 0.2) is 96.2 Å². The molecule has 0 amide bonds. The van der Waals surface area contributed by atoms with E-state index in [2.05, 4.69) is 20.9 Å². The van der Waals surface area contributed by atoms with Gasteiger partial charge in [0.2, 0.25) is 10.0 Å². The summed E-state index contributed by atoms with van der Waals surface area (Å²) in [5.41, 5.74) is 3.27. The number of halogens is 1. The zero-order valence-corrected chi connectivity index (χ0v) is 21.1. The number of anilines is 1. The summed E-state index contributed by atoms with van der Waals surface area (Å²) in [4.78, 5) is 9.96. The van der Waals surface area contributed by atoms with Crippen LogP contribution < -0.4 is 4.90 Å². The Morgan fingerprint density at radius 2 is 1.75 bits per heavy atom. The number of sulfonamides is 1. The van der Waals surface area contributed by atoms with Crippen LogP contribution >= 0.6 is 12.4 Å². The standard InChI is InChI=1S/C27H25N5O2S.ClH/c28-17-22-11-12-26-23(15-22)18-32(35(33,34)25-9-5-2-6-10-25)24(16-21-7-3-1-4-8-21)19-31(26)20-27-29-13-14-30-27;/h1-15,24H,16,18-20H2,(H,29,30);1H/t24-;/m1./s1. The average molecular weight is 520 g/mol. The lowest BCUT2D eigenvalue weighted by Crippen LogP contribution is -2.45. The molecule has 0 saturated carbocycles. The van der Waals surface area contributed by atoms with Gasteiger partial charge in [-0.15, -0.1) is 12.4 Å². The van der Waals surface area contributed by atoms with Crippen LogP contribution in [0.4, 0.5) is 5.69 Å². The molecule has 184 valence electrons. The molecule has 0 aliphatic carbocycles. The van der Waals surface area contributed by atoms with E-state index in [4.69, 9.17) is 0 Å². The van der Waals surface area contributed by atoms with Gasteiger partial charge in [-0.05, 0) is 47.9 Å². The van der Waals surface area contributed by atoms with Crippen LogP contribution in [0.5, 0.6) is 0 Å². The number of nitrogens with one attached hydrogen (secondary N) is 1. The molecule has 1 aromatic heterocycles. The second-order valence-electron chi connectivity index (χ2n) is 8.58. The predicted molar refractivity (Wildman–Crippen MR) is 141 cm³/mol. The fraction of sp³-hybridized carbons (Fsp3) is 0.185. The summed E-state index contributed by atoms with van der Waals surface area (Å²) >= 11 is 0. The van der Waals surface area contributed by atoms with E-state index < -0.39 is 10.0 Å². The van der Waals surface area contributed by atoms with Gasteiger partial charge in [0.15, 0.2) is 0 Å². The van der Waals surface area contributed by atoms with Crippen molar-refractivity contribution in [1.82, 2.24) is 14.3 Å². The molecule has 0 unspecified atom stereocenters. The summed E-state index contributed by atoms with van der Waals surface area (Å²) in [6, 6.07) is 25.8. The zero-order valence-electron chi connectivity index (χ0n) is 19.5. The van der Waals surface area contributed by atoms with Crippen molar-refractivity contribution in [1.29, 1.82) is 5.26 Å². The third kappa shape index (κ3) is 5.29. The van der Waals surface area contributed by atoms with Gasteiger partial charge in [0.1, 0.15) is 5.82 Å². The third-order valence-corrected chi connectivity index (χ3v) is 8.19. The topological polar surface area (TPSA) is 93.1 Å². The average Bonchev–Trinajstić information content (AvgIpc) is 3.35. The van der Waals surface area contributed by atoms with Crippen molar-refractivity contribution in [3.05, 3.63) is 114 Å².